The number of fused-ring (bicyclic) bond motifs is 9. The van der Waals surface area contributed by atoms with Gasteiger partial charge in [-0.25, -0.2) is 0 Å². The third-order valence-electron chi connectivity index (χ3n) is 15.1. The van der Waals surface area contributed by atoms with E-state index in [-0.39, 0.29) is 11.5 Å². The van der Waals surface area contributed by atoms with Gasteiger partial charge in [-0.2, -0.15) is 0 Å². The molecule has 5 nitrogen and oxygen atoms in total. The standard InChI is InChI=1S/C67H49N5/c1-67-42-20-19-33-66(67)72(51-29-15-6-16-30-51)65-41-37-55(46-60(65)67)69(48-23-9-3-10-24-48)54-36-40-64-59(45-54)58-44-53(35-39-63(58)71(64)50-27-13-5-14-28-50)68(47-21-7-2-8-22-47)52-34-38-62-57(43-52)56-31-17-18-32-61(56)70(62)49-25-11-4-12-26-49/h2-46,66H,1H3. The maximum absolute atomic E-state index is 2.51. The highest BCUT2D eigenvalue weighted by Crippen LogP contribution is 2.53. The van der Waals surface area contributed by atoms with Gasteiger partial charge in [0.2, 0.25) is 0 Å². The summed E-state index contributed by atoms with van der Waals surface area (Å²) < 4.78 is 4.80. The van der Waals surface area contributed by atoms with Crippen LogP contribution in [-0.2, 0) is 5.41 Å². The van der Waals surface area contributed by atoms with Crippen LogP contribution in [0.4, 0.5) is 45.5 Å². The van der Waals surface area contributed by atoms with E-state index in [0.717, 1.165) is 56.5 Å². The van der Waals surface area contributed by atoms with Gasteiger partial charge in [-0.15, -0.1) is 0 Å². The van der Waals surface area contributed by atoms with Gasteiger partial charge in [0.1, 0.15) is 0 Å². The van der Waals surface area contributed by atoms with Crippen LogP contribution >= 0.6 is 0 Å². The van der Waals surface area contributed by atoms with Crippen molar-refractivity contribution < 1.29 is 0 Å². The average Bonchev–Trinajstić information content (AvgIpc) is 4.05. The minimum Gasteiger partial charge on any atom is -0.333 e. The molecular weight excluding hydrogens is 875 g/mol. The van der Waals surface area contributed by atoms with Gasteiger partial charge in [-0.05, 0) is 152 Å². The van der Waals surface area contributed by atoms with Gasteiger partial charge in [0.05, 0.1) is 28.1 Å². The summed E-state index contributed by atoms with van der Waals surface area (Å²) in [4.78, 5) is 7.34. The summed E-state index contributed by atoms with van der Waals surface area (Å²) in [5.74, 6) is 0. The Morgan fingerprint density at radius 2 is 0.750 bits per heavy atom. The van der Waals surface area contributed by atoms with Crippen molar-refractivity contribution in [3.8, 4) is 11.4 Å². The van der Waals surface area contributed by atoms with E-state index in [9.17, 15) is 0 Å². The zero-order valence-electron chi connectivity index (χ0n) is 39.8. The highest BCUT2D eigenvalue weighted by molar-refractivity contribution is 6.13. The number of nitrogens with zero attached hydrogens (tertiary/aromatic N) is 5. The van der Waals surface area contributed by atoms with Gasteiger partial charge in [-0.1, -0.05) is 133 Å². The molecule has 2 atom stereocenters. The zero-order chi connectivity index (χ0) is 47.8. The quantitative estimate of drug-likeness (QED) is 0.144. The smallest absolute Gasteiger partial charge is 0.0655 e. The van der Waals surface area contributed by atoms with Crippen molar-refractivity contribution in [2.24, 2.45) is 0 Å². The second-order valence-electron chi connectivity index (χ2n) is 19.2. The summed E-state index contributed by atoms with van der Waals surface area (Å²) in [6.45, 7) is 2.39. The van der Waals surface area contributed by atoms with E-state index in [1.165, 1.54) is 49.5 Å². The fourth-order valence-electron chi connectivity index (χ4n) is 11.8. The van der Waals surface area contributed by atoms with E-state index in [1.54, 1.807) is 0 Å². The van der Waals surface area contributed by atoms with Crippen LogP contribution in [0.25, 0.3) is 55.0 Å². The molecule has 72 heavy (non-hydrogen) atoms. The average molecular weight is 924 g/mol. The minimum absolute atomic E-state index is 0.155. The predicted octanol–water partition coefficient (Wildman–Crippen LogP) is 17.7. The summed E-state index contributed by atoms with van der Waals surface area (Å²) in [6.07, 6.45) is 9.15. The molecule has 0 radical (unpaired) electrons. The zero-order valence-corrected chi connectivity index (χ0v) is 39.8. The molecule has 342 valence electrons. The summed E-state index contributed by atoms with van der Waals surface area (Å²) >= 11 is 0. The number of benzene rings is 10. The van der Waals surface area contributed by atoms with Gasteiger partial charge in [0, 0.05) is 83.8 Å². The maximum atomic E-state index is 2.51. The molecule has 2 aromatic heterocycles. The monoisotopic (exact) mass is 923 g/mol. The number of hydrogen-bond donors (Lipinski definition) is 0. The Morgan fingerprint density at radius 1 is 0.347 bits per heavy atom. The van der Waals surface area contributed by atoms with Crippen molar-refractivity contribution in [1.29, 1.82) is 0 Å². The van der Waals surface area contributed by atoms with Crippen molar-refractivity contribution in [3.05, 3.63) is 279 Å². The van der Waals surface area contributed by atoms with Crippen LogP contribution in [0.5, 0.6) is 0 Å². The van der Waals surface area contributed by atoms with Crippen molar-refractivity contribution in [3.63, 3.8) is 0 Å². The SMILES string of the molecule is CC12C=CC=CC1N(c1ccccc1)c1ccc(N(c3ccccc3)c3ccc4c(c3)c3cc(N(c5ccccc5)c5ccc6c(c5)c5ccccc5n6-c5ccccc5)ccc3n4-c3ccccc3)cc12. The Balaban J connectivity index is 0.964. The Kier molecular flexibility index (Phi) is 9.65. The predicted molar refractivity (Wildman–Crippen MR) is 302 cm³/mol. The minimum atomic E-state index is -0.226. The lowest BCUT2D eigenvalue weighted by molar-refractivity contribution is 0.551. The van der Waals surface area contributed by atoms with E-state index >= 15 is 0 Å². The van der Waals surface area contributed by atoms with Gasteiger partial charge < -0.3 is 23.8 Å². The van der Waals surface area contributed by atoms with Crippen molar-refractivity contribution in [1.82, 2.24) is 9.13 Å². The molecule has 14 rings (SSSR count). The van der Waals surface area contributed by atoms with Crippen LogP contribution in [0.15, 0.2) is 273 Å². The van der Waals surface area contributed by atoms with Crippen molar-refractivity contribution in [2.75, 3.05) is 14.7 Å². The number of allylic oxidation sites excluding steroid dienone is 2. The molecule has 0 amide bonds. The molecule has 12 aromatic rings. The first kappa shape index (κ1) is 41.6. The highest BCUT2D eigenvalue weighted by atomic mass is 15.2. The molecule has 0 saturated heterocycles. The third kappa shape index (κ3) is 6.55. The fourth-order valence-corrected chi connectivity index (χ4v) is 11.8. The highest BCUT2D eigenvalue weighted by Gasteiger charge is 2.46. The summed E-state index contributed by atoms with van der Waals surface area (Å²) in [5, 5.41) is 4.78. The number of rotatable bonds is 9. The fraction of sp³-hybridized carbons (Fsp3) is 0.0448. The van der Waals surface area contributed by atoms with Gasteiger partial charge in [0.25, 0.3) is 0 Å². The lowest BCUT2D eigenvalue weighted by Gasteiger charge is -2.34. The van der Waals surface area contributed by atoms with Crippen LogP contribution < -0.4 is 14.7 Å². The van der Waals surface area contributed by atoms with Crippen LogP contribution in [-0.4, -0.2) is 15.2 Å². The molecule has 3 heterocycles. The Labute approximate surface area is 419 Å². The lowest BCUT2D eigenvalue weighted by atomic mass is 9.76. The molecular formula is C67H49N5. The van der Waals surface area contributed by atoms with E-state index in [0.29, 0.717) is 0 Å². The first-order valence-corrected chi connectivity index (χ1v) is 24.9. The molecule has 2 aliphatic rings. The van der Waals surface area contributed by atoms with Gasteiger partial charge in [0.15, 0.2) is 0 Å². The lowest BCUT2D eigenvalue weighted by Crippen LogP contribution is -2.39. The van der Waals surface area contributed by atoms with E-state index in [4.69, 9.17) is 0 Å². The van der Waals surface area contributed by atoms with Gasteiger partial charge in [-0.3, -0.25) is 0 Å². The second kappa shape index (κ2) is 16.7. The van der Waals surface area contributed by atoms with E-state index in [1.807, 2.05) is 0 Å². The molecule has 0 fully saturated rings. The molecule has 0 N–H and O–H groups in total. The molecule has 2 unspecified atom stereocenters. The van der Waals surface area contributed by atoms with E-state index < -0.39 is 0 Å². The summed E-state index contributed by atoms with van der Waals surface area (Å²) in [6, 6.07) is 90.8. The molecule has 5 heteroatoms. The number of aromatic nitrogens is 2. The maximum Gasteiger partial charge on any atom is 0.0655 e. The molecule has 1 aliphatic carbocycles. The number of hydrogen-bond acceptors (Lipinski definition) is 3. The topological polar surface area (TPSA) is 19.6 Å². The first-order chi connectivity index (χ1) is 35.6. The summed E-state index contributed by atoms with van der Waals surface area (Å²) in [5.41, 5.74) is 17.0. The van der Waals surface area contributed by atoms with Crippen molar-refractivity contribution >= 4 is 89.1 Å². The largest absolute Gasteiger partial charge is 0.333 e. The molecule has 10 aromatic carbocycles. The number of para-hydroxylation sites is 6. The Bertz CT molecular complexity index is 4060. The summed E-state index contributed by atoms with van der Waals surface area (Å²) in [7, 11) is 0. The normalized spacial score (nSPS) is 15.9. The first-order valence-electron chi connectivity index (χ1n) is 24.9. The Hall–Kier alpha value is -9.32. The van der Waals surface area contributed by atoms with Crippen LogP contribution in [0, 0.1) is 0 Å². The van der Waals surface area contributed by atoms with Gasteiger partial charge >= 0.3 is 0 Å². The molecule has 0 bridgehead atoms. The van der Waals surface area contributed by atoms with Crippen LogP contribution in [0.3, 0.4) is 0 Å². The van der Waals surface area contributed by atoms with E-state index in [2.05, 4.69) is 304 Å². The third-order valence-corrected chi connectivity index (χ3v) is 15.1. The molecule has 0 spiro atoms. The second-order valence-corrected chi connectivity index (χ2v) is 19.2. The Morgan fingerprint density at radius 3 is 1.26 bits per heavy atom. The number of anilines is 8. The molecule has 1 aliphatic heterocycles. The van der Waals surface area contributed by atoms with Crippen LogP contribution in [0.1, 0.15) is 12.5 Å². The van der Waals surface area contributed by atoms with Crippen molar-refractivity contribution in [2.45, 2.75) is 18.4 Å². The molecule has 0 saturated carbocycles. The van der Waals surface area contributed by atoms with Crippen LogP contribution in [0.2, 0.25) is 0 Å².